The van der Waals surface area contributed by atoms with Crippen LogP contribution in [0, 0.1) is 0 Å². The molecular formula is C14H10BrClN2OS. The fourth-order valence-electron chi connectivity index (χ4n) is 1.57. The number of thiocarbonyl (C=S) groups is 1. The quantitative estimate of drug-likeness (QED) is 0.489. The number of benzene rings is 1. The number of hydrogen-bond acceptors (Lipinski definition) is 3. The van der Waals surface area contributed by atoms with Gasteiger partial charge in [0.25, 0.3) is 0 Å². The van der Waals surface area contributed by atoms with E-state index >= 15 is 0 Å². The van der Waals surface area contributed by atoms with E-state index < -0.39 is 0 Å². The van der Waals surface area contributed by atoms with E-state index in [1.54, 1.807) is 24.3 Å². The van der Waals surface area contributed by atoms with Gasteiger partial charge in [0.15, 0.2) is 5.78 Å². The summed E-state index contributed by atoms with van der Waals surface area (Å²) in [5.41, 5.74) is 1.32. The van der Waals surface area contributed by atoms with Crippen molar-refractivity contribution >= 4 is 56.2 Å². The molecule has 1 heterocycles. The topological polar surface area (TPSA) is 42.0 Å². The Kier molecular flexibility index (Phi) is 5.23. The number of rotatable bonds is 4. The Morgan fingerprint density at radius 2 is 1.95 bits per heavy atom. The van der Waals surface area contributed by atoms with Gasteiger partial charge in [-0.3, -0.25) is 4.79 Å². The second kappa shape index (κ2) is 6.92. The second-order valence-electron chi connectivity index (χ2n) is 3.99. The first kappa shape index (κ1) is 15.1. The highest BCUT2D eigenvalue weighted by Gasteiger charge is 2.10. The highest BCUT2D eigenvalue weighted by Crippen LogP contribution is 2.22. The fourth-order valence-corrected chi connectivity index (χ4v) is 2.48. The summed E-state index contributed by atoms with van der Waals surface area (Å²) in [7, 11) is 0. The van der Waals surface area contributed by atoms with Gasteiger partial charge in [-0.1, -0.05) is 54.2 Å². The average molecular weight is 370 g/mol. The van der Waals surface area contributed by atoms with E-state index in [2.05, 4.69) is 26.2 Å². The maximum Gasteiger partial charge on any atom is 0.169 e. The molecule has 0 spiro atoms. The first-order valence-electron chi connectivity index (χ1n) is 5.76. The smallest absolute Gasteiger partial charge is 0.169 e. The fraction of sp³-hybridized carbons (Fsp3) is 0.0714. The van der Waals surface area contributed by atoms with Crippen molar-refractivity contribution in [1.82, 2.24) is 4.98 Å². The molecule has 0 unspecified atom stereocenters. The van der Waals surface area contributed by atoms with Gasteiger partial charge in [-0.15, -0.1) is 0 Å². The minimum Gasteiger partial charge on any atom is -0.347 e. The van der Waals surface area contributed by atoms with Crippen LogP contribution in [-0.4, -0.2) is 15.8 Å². The minimum absolute atomic E-state index is 0.0267. The highest BCUT2D eigenvalue weighted by molar-refractivity contribution is 9.10. The van der Waals surface area contributed by atoms with Crippen LogP contribution in [0.15, 0.2) is 47.1 Å². The van der Waals surface area contributed by atoms with Crippen LogP contribution in [0.3, 0.4) is 0 Å². The Balaban J connectivity index is 2.01. The molecule has 3 nitrogen and oxygen atoms in total. The minimum atomic E-state index is -0.0267. The number of ketones is 1. The molecule has 0 aliphatic rings. The zero-order valence-electron chi connectivity index (χ0n) is 10.3. The third-order valence-corrected chi connectivity index (χ3v) is 3.57. The molecule has 0 fully saturated rings. The number of nitrogens with one attached hydrogen (secondary N) is 1. The number of aromatic nitrogens is 1. The lowest BCUT2D eigenvalue weighted by Gasteiger charge is -2.09. The Labute approximate surface area is 135 Å². The molecule has 0 radical (unpaired) electrons. The Morgan fingerprint density at radius 1 is 1.25 bits per heavy atom. The lowest BCUT2D eigenvalue weighted by atomic mass is 10.1. The number of Topliss-reactive ketones (excluding diaryl/α,β-unsaturated/α-hetero) is 1. The Bertz CT molecular complexity index is 649. The molecule has 1 aromatic heterocycles. The van der Waals surface area contributed by atoms with Crippen molar-refractivity contribution in [2.24, 2.45) is 0 Å². The number of nitrogens with zero attached hydrogens (tertiary/aromatic N) is 1. The molecule has 0 saturated carbocycles. The van der Waals surface area contributed by atoms with Gasteiger partial charge in [-0.05, 0) is 28.1 Å². The Morgan fingerprint density at radius 3 is 2.60 bits per heavy atom. The standard InChI is InChI=1S/C14H10BrClN2OS/c15-14-10(6-7-12(16)18-14)17-13(20)8-11(19)9-4-2-1-3-5-9/h1-7H,8H2,(H,17,20). The van der Waals surface area contributed by atoms with E-state index in [0.717, 1.165) is 0 Å². The number of carbonyl (C=O) groups excluding carboxylic acids is 1. The van der Waals surface area contributed by atoms with Crippen LogP contribution < -0.4 is 5.32 Å². The summed E-state index contributed by atoms with van der Waals surface area (Å²) in [6.45, 7) is 0. The predicted octanol–water partition coefficient (Wildman–Crippen LogP) is 4.51. The van der Waals surface area contributed by atoms with Crippen LogP contribution in [0.5, 0.6) is 0 Å². The number of carbonyl (C=O) groups is 1. The molecule has 0 amide bonds. The molecule has 0 aliphatic carbocycles. The van der Waals surface area contributed by atoms with Crippen LogP contribution >= 0.6 is 39.7 Å². The van der Waals surface area contributed by atoms with Crippen molar-refractivity contribution in [3.63, 3.8) is 0 Å². The van der Waals surface area contributed by atoms with Crippen molar-refractivity contribution in [1.29, 1.82) is 0 Å². The van der Waals surface area contributed by atoms with Crippen LogP contribution in [-0.2, 0) is 0 Å². The molecular weight excluding hydrogens is 360 g/mol. The van der Waals surface area contributed by atoms with Gasteiger partial charge < -0.3 is 5.32 Å². The molecule has 0 atom stereocenters. The van der Waals surface area contributed by atoms with Crippen LogP contribution in [0.2, 0.25) is 5.15 Å². The SMILES string of the molecule is O=C(CC(=S)Nc1ccc(Cl)nc1Br)c1ccccc1. The molecule has 102 valence electrons. The van der Waals surface area contributed by atoms with Crippen LogP contribution in [0.25, 0.3) is 0 Å². The number of anilines is 1. The number of halogens is 2. The average Bonchev–Trinajstić information content (AvgIpc) is 2.43. The van der Waals surface area contributed by atoms with Gasteiger partial charge >= 0.3 is 0 Å². The molecule has 6 heteroatoms. The summed E-state index contributed by atoms with van der Waals surface area (Å²) < 4.78 is 0.555. The van der Waals surface area contributed by atoms with E-state index in [0.29, 0.717) is 26.0 Å². The number of hydrogen-bond donors (Lipinski definition) is 1. The first-order chi connectivity index (χ1) is 9.56. The van der Waals surface area contributed by atoms with Crippen molar-refractivity contribution in [2.75, 3.05) is 5.32 Å². The molecule has 1 aromatic carbocycles. The van der Waals surface area contributed by atoms with E-state index in [4.69, 9.17) is 23.8 Å². The first-order valence-corrected chi connectivity index (χ1v) is 7.34. The van der Waals surface area contributed by atoms with Crippen LogP contribution in [0.1, 0.15) is 16.8 Å². The zero-order chi connectivity index (χ0) is 14.5. The molecule has 0 aliphatic heterocycles. The van der Waals surface area contributed by atoms with E-state index in [-0.39, 0.29) is 12.2 Å². The maximum atomic E-state index is 12.0. The summed E-state index contributed by atoms with van der Waals surface area (Å²) in [5, 5.41) is 3.36. The lowest BCUT2D eigenvalue weighted by molar-refractivity contribution is 0.100. The van der Waals surface area contributed by atoms with Crippen molar-refractivity contribution in [2.45, 2.75) is 6.42 Å². The summed E-state index contributed by atoms with van der Waals surface area (Å²) in [5.74, 6) is -0.0267. The number of pyridine rings is 1. The lowest BCUT2D eigenvalue weighted by Crippen LogP contribution is -2.15. The van der Waals surface area contributed by atoms with Crippen molar-refractivity contribution in [3.8, 4) is 0 Å². The van der Waals surface area contributed by atoms with E-state index in [9.17, 15) is 4.79 Å². The van der Waals surface area contributed by atoms with Gasteiger partial charge in [-0.2, -0.15) is 0 Å². The van der Waals surface area contributed by atoms with Gasteiger partial charge in [0, 0.05) is 5.56 Å². The van der Waals surface area contributed by atoms with Gasteiger partial charge in [0.1, 0.15) is 9.76 Å². The molecule has 0 saturated heterocycles. The molecule has 20 heavy (non-hydrogen) atoms. The molecule has 1 N–H and O–H groups in total. The van der Waals surface area contributed by atoms with Crippen LogP contribution in [0.4, 0.5) is 5.69 Å². The summed E-state index contributed by atoms with van der Waals surface area (Å²) in [6, 6.07) is 12.4. The van der Waals surface area contributed by atoms with Crippen molar-refractivity contribution < 1.29 is 4.79 Å². The van der Waals surface area contributed by atoms with Gasteiger partial charge in [-0.25, -0.2) is 4.98 Å². The zero-order valence-corrected chi connectivity index (χ0v) is 13.4. The predicted molar refractivity (Wildman–Crippen MR) is 88.6 cm³/mol. The third-order valence-electron chi connectivity index (χ3n) is 2.51. The molecule has 2 rings (SSSR count). The summed E-state index contributed by atoms with van der Waals surface area (Å²) in [4.78, 5) is 16.5. The molecule has 2 aromatic rings. The van der Waals surface area contributed by atoms with Gasteiger partial charge in [0.05, 0.1) is 17.1 Å². The van der Waals surface area contributed by atoms with Crippen molar-refractivity contribution in [3.05, 3.63) is 57.8 Å². The maximum absolute atomic E-state index is 12.0. The monoisotopic (exact) mass is 368 g/mol. The van der Waals surface area contributed by atoms with E-state index in [1.807, 2.05) is 18.2 Å². The largest absolute Gasteiger partial charge is 0.347 e. The second-order valence-corrected chi connectivity index (χ2v) is 5.62. The highest BCUT2D eigenvalue weighted by atomic mass is 79.9. The molecule has 0 bridgehead atoms. The summed E-state index contributed by atoms with van der Waals surface area (Å²) >= 11 is 14.2. The van der Waals surface area contributed by atoms with E-state index in [1.165, 1.54) is 0 Å². The Hall–Kier alpha value is -1.30. The third kappa shape index (κ3) is 4.10. The van der Waals surface area contributed by atoms with Gasteiger partial charge in [0.2, 0.25) is 0 Å². The normalized spacial score (nSPS) is 10.1. The summed E-state index contributed by atoms with van der Waals surface area (Å²) in [6.07, 6.45) is 0.147.